The highest BCUT2D eigenvalue weighted by Gasteiger charge is 2.62. The third kappa shape index (κ3) is 8.91. The minimum absolute atomic E-state index is 0.0344. The van der Waals surface area contributed by atoms with Crippen LogP contribution in [0.1, 0.15) is 72.6 Å². The lowest BCUT2D eigenvalue weighted by molar-refractivity contribution is -0.244. The van der Waals surface area contributed by atoms with Gasteiger partial charge < -0.3 is 29.7 Å². The number of nitrogens with one attached hydrogen (secondary N) is 3. The van der Waals surface area contributed by atoms with Crippen LogP contribution < -0.4 is 24.8 Å². The Kier molecular flexibility index (Phi) is 11.7. The van der Waals surface area contributed by atoms with Crippen LogP contribution in [0.5, 0.6) is 11.6 Å². The number of allylic oxidation sites excluding steroid dienone is 1. The minimum Gasteiger partial charge on any atom is -0.494 e. The van der Waals surface area contributed by atoms with E-state index in [0.29, 0.717) is 67.5 Å². The molecule has 2 aromatic rings. The maximum atomic E-state index is 14.7. The van der Waals surface area contributed by atoms with Crippen LogP contribution in [0.3, 0.4) is 0 Å². The molecule has 3 N–H and O–H groups in total. The number of alkyl halides is 3. The summed E-state index contributed by atoms with van der Waals surface area (Å²) in [5.41, 5.74) is -4.54. The molecule has 2 aliphatic heterocycles. The molecule has 2 aliphatic carbocycles. The van der Waals surface area contributed by atoms with Crippen molar-refractivity contribution < 1.29 is 55.0 Å². The zero-order chi connectivity index (χ0) is 41.7. The molecule has 312 valence electrons. The Balaban J connectivity index is 1.36. The van der Waals surface area contributed by atoms with Gasteiger partial charge in [-0.05, 0) is 69.9 Å². The Morgan fingerprint density at radius 2 is 1.81 bits per heavy atom. The van der Waals surface area contributed by atoms with Gasteiger partial charge in [-0.25, -0.2) is 18.2 Å². The van der Waals surface area contributed by atoms with Crippen molar-refractivity contribution in [3.05, 3.63) is 41.6 Å². The predicted octanol–water partition coefficient (Wildman–Crippen LogP) is 5.18. The zero-order valence-electron chi connectivity index (χ0n) is 32.2. The Morgan fingerprint density at radius 1 is 1.09 bits per heavy atom. The normalized spacial score (nSPS) is 29.2. The number of methoxy groups -OCH3 is 1. The molecule has 0 radical (unpaired) electrons. The molecule has 0 unspecified atom stereocenters. The van der Waals surface area contributed by atoms with E-state index in [4.69, 9.17) is 25.8 Å². The van der Waals surface area contributed by atoms with Crippen molar-refractivity contribution >= 4 is 56.2 Å². The van der Waals surface area contributed by atoms with Crippen LogP contribution in [0.2, 0.25) is 5.02 Å². The van der Waals surface area contributed by atoms with E-state index in [0.717, 1.165) is 4.90 Å². The molecule has 14 nitrogen and oxygen atoms in total. The van der Waals surface area contributed by atoms with Gasteiger partial charge in [-0.15, -0.1) is 0 Å². The summed E-state index contributed by atoms with van der Waals surface area (Å²) >= 11 is 6.50. The molecule has 1 aromatic heterocycles. The maximum Gasteiger partial charge on any atom is 0.427 e. The lowest BCUT2D eigenvalue weighted by Crippen LogP contribution is -2.59. The third-order valence-electron chi connectivity index (χ3n) is 11.2. The standard InChI is InChI=1S/C38H47ClF3N5O9S/c1-20-8-6-9-21(2)30(44-35(51)56-36(3,4)38(40,41)42)33(49)47-19-23(55-32-25-10-7-11-26(39)29(25)28(54-5)18-43-32)16-27(47)31(48)45-37(17-22(37)13-12-20)34(50)46-57(52,53)24-14-15-24/h7,10-13,18,20-24,27,30H,6,8-9,14-17,19H2,1-5H3,(H,44,51)(H,45,48)(H,46,50)/b13-12-/t20-,21+,22+,23+,27-,30-,37+/m0/s1. The zero-order valence-corrected chi connectivity index (χ0v) is 33.7. The molecule has 7 atom stereocenters. The minimum atomic E-state index is -4.92. The Hall–Kier alpha value is -4.32. The van der Waals surface area contributed by atoms with E-state index in [9.17, 15) is 40.8 Å². The summed E-state index contributed by atoms with van der Waals surface area (Å²) in [5, 5.41) is 5.75. The number of carbonyl (C=O) groups is 4. The molecule has 2 saturated carbocycles. The first-order valence-corrected chi connectivity index (χ1v) is 20.8. The van der Waals surface area contributed by atoms with Crippen molar-refractivity contribution in [2.45, 2.75) is 113 Å². The molecular weight excluding hydrogens is 795 g/mol. The van der Waals surface area contributed by atoms with E-state index in [2.05, 4.69) is 20.3 Å². The molecule has 3 fully saturated rings. The van der Waals surface area contributed by atoms with Crippen LogP contribution in [-0.2, 0) is 29.1 Å². The van der Waals surface area contributed by atoms with Crippen LogP contribution in [0.25, 0.3) is 10.8 Å². The van der Waals surface area contributed by atoms with E-state index in [-0.39, 0.29) is 31.2 Å². The van der Waals surface area contributed by atoms with Gasteiger partial charge in [0, 0.05) is 23.1 Å². The number of halogens is 4. The molecule has 57 heavy (non-hydrogen) atoms. The smallest absolute Gasteiger partial charge is 0.427 e. The number of alkyl carbamates (subject to hydrolysis) is 1. The molecule has 0 bridgehead atoms. The second-order valence-electron chi connectivity index (χ2n) is 16.0. The van der Waals surface area contributed by atoms with E-state index in [1.165, 1.54) is 13.3 Å². The quantitative estimate of drug-likeness (QED) is 0.300. The van der Waals surface area contributed by atoms with E-state index >= 15 is 0 Å². The fourth-order valence-electron chi connectivity index (χ4n) is 7.37. The predicted molar refractivity (Wildman–Crippen MR) is 202 cm³/mol. The van der Waals surface area contributed by atoms with Crippen molar-refractivity contribution in [2.75, 3.05) is 13.7 Å². The lowest BCUT2D eigenvalue weighted by atomic mass is 9.92. The monoisotopic (exact) mass is 841 g/mol. The van der Waals surface area contributed by atoms with Crippen LogP contribution in [0.15, 0.2) is 36.5 Å². The lowest BCUT2D eigenvalue weighted by Gasteiger charge is -2.33. The van der Waals surface area contributed by atoms with Gasteiger partial charge in [0.05, 0.1) is 30.1 Å². The molecule has 19 heteroatoms. The van der Waals surface area contributed by atoms with Crippen molar-refractivity contribution in [3.8, 4) is 11.6 Å². The van der Waals surface area contributed by atoms with Crippen molar-refractivity contribution in [1.82, 2.24) is 25.2 Å². The van der Waals surface area contributed by atoms with Crippen LogP contribution in [0, 0.1) is 17.8 Å². The second-order valence-corrected chi connectivity index (χ2v) is 18.4. The SMILES string of the molecule is COc1cnc(O[C@@H]2C[C@H]3C(=O)N[C@]4(C(=O)NS(=O)(=O)C5CC5)C[C@H]4/C=C\[C@@H](C)CCC[C@@H](C)[C@H](NC(=O)OC(C)(C)C(F)(F)F)C(=O)N3C2)c2cccc(Cl)c12. The average molecular weight is 842 g/mol. The summed E-state index contributed by atoms with van der Waals surface area (Å²) in [4.78, 5) is 61.6. The summed E-state index contributed by atoms with van der Waals surface area (Å²) in [5.74, 6) is -3.24. The molecular formula is C38H47ClF3N5O9S. The molecule has 1 saturated heterocycles. The van der Waals surface area contributed by atoms with Gasteiger partial charge in [-0.2, -0.15) is 13.2 Å². The van der Waals surface area contributed by atoms with Gasteiger partial charge in [0.1, 0.15) is 29.5 Å². The molecule has 4 amide bonds. The number of rotatable bonds is 8. The van der Waals surface area contributed by atoms with Crippen LogP contribution in [-0.4, -0.2) is 96.5 Å². The molecule has 3 heterocycles. The van der Waals surface area contributed by atoms with E-state index < -0.39 is 86.4 Å². The summed E-state index contributed by atoms with van der Waals surface area (Å²) in [6.45, 7) is 4.73. The maximum absolute atomic E-state index is 14.7. The van der Waals surface area contributed by atoms with E-state index in [1.807, 2.05) is 13.0 Å². The topological polar surface area (TPSA) is 182 Å². The number of ether oxygens (including phenoxy) is 3. The van der Waals surface area contributed by atoms with Crippen molar-refractivity contribution in [3.63, 3.8) is 0 Å². The van der Waals surface area contributed by atoms with Gasteiger partial charge in [0.15, 0.2) is 0 Å². The second kappa shape index (κ2) is 15.8. The summed E-state index contributed by atoms with van der Waals surface area (Å²) in [7, 11) is -2.54. The van der Waals surface area contributed by atoms with Gasteiger partial charge >= 0.3 is 12.3 Å². The third-order valence-corrected chi connectivity index (χ3v) is 13.4. The number of hydrogen-bond acceptors (Lipinski definition) is 10. The first-order valence-electron chi connectivity index (χ1n) is 18.9. The van der Waals surface area contributed by atoms with Crippen molar-refractivity contribution in [2.24, 2.45) is 17.8 Å². The van der Waals surface area contributed by atoms with Gasteiger partial charge in [0.25, 0.3) is 5.91 Å². The fraction of sp³-hybridized carbons (Fsp3) is 0.605. The van der Waals surface area contributed by atoms with Crippen LogP contribution in [0.4, 0.5) is 18.0 Å². The number of hydrogen-bond donors (Lipinski definition) is 3. The van der Waals surface area contributed by atoms with E-state index in [1.54, 1.807) is 31.2 Å². The Labute approximate surface area is 333 Å². The first kappa shape index (κ1) is 42.3. The molecule has 1 aromatic carbocycles. The number of amides is 4. The highest BCUT2D eigenvalue weighted by molar-refractivity contribution is 7.91. The fourth-order valence-corrected chi connectivity index (χ4v) is 9.00. The summed E-state index contributed by atoms with van der Waals surface area (Å²) < 4.78 is 85.6. The van der Waals surface area contributed by atoms with Gasteiger partial charge in [0.2, 0.25) is 33.3 Å². The van der Waals surface area contributed by atoms with Crippen LogP contribution >= 0.6 is 11.6 Å². The Morgan fingerprint density at radius 3 is 2.47 bits per heavy atom. The largest absolute Gasteiger partial charge is 0.494 e. The molecule has 4 aliphatic rings. The Bertz CT molecular complexity index is 2060. The summed E-state index contributed by atoms with van der Waals surface area (Å²) in [6, 6.07) is 2.26. The number of benzene rings is 1. The van der Waals surface area contributed by atoms with Crippen molar-refractivity contribution in [1.29, 1.82) is 0 Å². The summed E-state index contributed by atoms with van der Waals surface area (Å²) in [6.07, 6.45) is 0.0451. The average Bonchev–Trinajstić information content (AvgIpc) is 4.05. The van der Waals surface area contributed by atoms with Gasteiger partial charge in [-0.3, -0.25) is 19.1 Å². The molecule has 0 spiro atoms. The van der Waals surface area contributed by atoms with Gasteiger partial charge in [-0.1, -0.05) is 50.1 Å². The highest BCUT2D eigenvalue weighted by Crippen LogP contribution is 2.46. The number of nitrogens with zero attached hydrogens (tertiary/aromatic N) is 2. The number of sulfonamides is 1. The number of fused-ring (bicyclic) bond motifs is 3. The highest BCUT2D eigenvalue weighted by atomic mass is 35.5. The number of pyridine rings is 1. The first-order chi connectivity index (χ1) is 26.7. The molecule has 6 rings (SSSR count). The number of aromatic nitrogens is 1. The number of carbonyl (C=O) groups excluding carboxylic acids is 4.